The lowest BCUT2D eigenvalue weighted by atomic mass is 9.98. The molecule has 0 saturated heterocycles. The van der Waals surface area contributed by atoms with Crippen LogP contribution in [0.3, 0.4) is 0 Å². The predicted molar refractivity (Wildman–Crippen MR) is 74.1 cm³/mol. The van der Waals surface area contributed by atoms with Gasteiger partial charge in [-0.25, -0.2) is 0 Å². The van der Waals surface area contributed by atoms with E-state index < -0.39 is 0 Å². The molecule has 1 aliphatic rings. The number of nitrogen functional groups attached to an aromatic ring is 1. The normalized spacial score (nSPS) is 22.9. The van der Waals surface area contributed by atoms with Crippen molar-refractivity contribution >= 4 is 11.6 Å². The molecule has 3 N–H and O–H groups in total. The van der Waals surface area contributed by atoms with Gasteiger partial charge in [-0.1, -0.05) is 31.9 Å². The van der Waals surface area contributed by atoms with E-state index in [2.05, 4.69) is 12.2 Å². The van der Waals surface area contributed by atoms with Crippen molar-refractivity contribution in [3.8, 4) is 0 Å². The Hall–Kier alpha value is -1.51. The molecule has 3 heteroatoms. The van der Waals surface area contributed by atoms with Crippen molar-refractivity contribution in [2.75, 3.05) is 12.3 Å². The SMILES string of the molecule is CC1CCCC1CNC(=O)Cc1ccc(N)cc1. The van der Waals surface area contributed by atoms with Crippen LogP contribution in [0.5, 0.6) is 0 Å². The van der Waals surface area contributed by atoms with Crippen LogP contribution in [0.1, 0.15) is 31.7 Å². The third kappa shape index (κ3) is 3.49. The van der Waals surface area contributed by atoms with Crippen molar-refractivity contribution in [1.29, 1.82) is 0 Å². The molecule has 0 radical (unpaired) electrons. The van der Waals surface area contributed by atoms with Gasteiger partial charge in [0, 0.05) is 12.2 Å². The van der Waals surface area contributed by atoms with Crippen molar-refractivity contribution in [2.24, 2.45) is 11.8 Å². The topological polar surface area (TPSA) is 55.1 Å². The summed E-state index contributed by atoms with van der Waals surface area (Å²) in [6.45, 7) is 3.11. The zero-order valence-electron chi connectivity index (χ0n) is 11.0. The predicted octanol–water partition coefficient (Wildman–Crippen LogP) is 2.36. The lowest BCUT2D eigenvalue weighted by molar-refractivity contribution is -0.120. The van der Waals surface area contributed by atoms with Gasteiger partial charge in [0.05, 0.1) is 6.42 Å². The molecular weight excluding hydrogens is 224 g/mol. The van der Waals surface area contributed by atoms with Crippen molar-refractivity contribution in [3.63, 3.8) is 0 Å². The summed E-state index contributed by atoms with van der Waals surface area (Å²) < 4.78 is 0. The molecule has 2 rings (SSSR count). The van der Waals surface area contributed by atoms with Gasteiger partial charge >= 0.3 is 0 Å². The molecule has 18 heavy (non-hydrogen) atoms. The first-order valence-electron chi connectivity index (χ1n) is 6.76. The zero-order valence-corrected chi connectivity index (χ0v) is 11.0. The Kier molecular flexibility index (Phi) is 4.24. The van der Waals surface area contributed by atoms with E-state index in [1.54, 1.807) is 0 Å². The molecule has 2 atom stereocenters. The van der Waals surface area contributed by atoms with Gasteiger partial charge in [-0.2, -0.15) is 0 Å². The highest BCUT2D eigenvalue weighted by Crippen LogP contribution is 2.30. The summed E-state index contributed by atoms with van der Waals surface area (Å²) in [5.74, 6) is 1.53. The first-order valence-corrected chi connectivity index (χ1v) is 6.76. The van der Waals surface area contributed by atoms with E-state index in [0.717, 1.165) is 23.7 Å². The molecule has 98 valence electrons. The Morgan fingerprint density at radius 3 is 2.67 bits per heavy atom. The van der Waals surface area contributed by atoms with Gasteiger partial charge in [-0.3, -0.25) is 4.79 Å². The highest BCUT2D eigenvalue weighted by atomic mass is 16.1. The fourth-order valence-corrected chi connectivity index (χ4v) is 2.65. The van der Waals surface area contributed by atoms with Crippen molar-refractivity contribution in [3.05, 3.63) is 29.8 Å². The standard InChI is InChI=1S/C15H22N2O/c1-11-3-2-4-13(11)10-17-15(18)9-12-5-7-14(16)8-6-12/h5-8,11,13H,2-4,9-10,16H2,1H3,(H,17,18). The smallest absolute Gasteiger partial charge is 0.224 e. The van der Waals surface area contributed by atoms with Gasteiger partial charge in [0.2, 0.25) is 5.91 Å². The molecule has 0 bridgehead atoms. The van der Waals surface area contributed by atoms with Gasteiger partial charge in [-0.05, 0) is 36.0 Å². The van der Waals surface area contributed by atoms with Crippen molar-refractivity contribution < 1.29 is 4.79 Å². The number of amides is 1. The van der Waals surface area contributed by atoms with Gasteiger partial charge in [0.1, 0.15) is 0 Å². The largest absolute Gasteiger partial charge is 0.399 e. The van der Waals surface area contributed by atoms with Crippen LogP contribution in [-0.4, -0.2) is 12.5 Å². The summed E-state index contributed by atoms with van der Waals surface area (Å²) in [4.78, 5) is 11.8. The molecule has 2 unspecified atom stereocenters. The van der Waals surface area contributed by atoms with Crippen LogP contribution in [0, 0.1) is 11.8 Å². The summed E-state index contributed by atoms with van der Waals surface area (Å²) in [6.07, 6.45) is 4.31. The van der Waals surface area contributed by atoms with Gasteiger partial charge < -0.3 is 11.1 Å². The molecule has 1 aromatic carbocycles. The second-order valence-electron chi connectivity index (χ2n) is 5.39. The maximum Gasteiger partial charge on any atom is 0.224 e. The average molecular weight is 246 g/mol. The number of carbonyl (C=O) groups is 1. The van der Waals surface area contributed by atoms with Crippen LogP contribution in [0.2, 0.25) is 0 Å². The maximum absolute atomic E-state index is 11.8. The summed E-state index contributed by atoms with van der Waals surface area (Å²) in [7, 11) is 0. The minimum atomic E-state index is 0.110. The van der Waals surface area contributed by atoms with Gasteiger partial charge in [0.15, 0.2) is 0 Å². The van der Waals surface area contributed by atoms with E-state index in [-0.39, 0.29) is 5.91 Å². The second-order valence-corrected chi connectivity index (χ2v) is 5.39. The van der Waals surface area contributed by atoms with Crippen molar-refractivity contribution in [1.82, 2.24) is 5.32 Å². The average Bonchev–Trinajstić information content (AvgIpc) is 2.75. The van der Waals surface area contributed by atoms with Crippen LogP contribution in [0.25, 0.3) is 0 Å². The Morgan fingerprint density at radius 2 is 2.06 bits per heavy atom. The van der Waals surface area contributed by atoms with Crippen LogP contribution in [0.4, 0.5) is 5.69 Å². The quantitative estimate of drug-likeness (QED) is 0.801. The van der Waals surface area contributed by atoms with E-state index in [0.29, 0.717) is 12.3 Å². The lowest BCUT2D eigenvalue weighted by Gasteiger charge is -2.15. The summed E-state index contributed by atoms with van der Waals surface area (Å²) in [5, 5.41) is 3.05. The number of carbonyl (C=O) groups excluding carboxylic acids is 1. The van der Waals surface area contributed by atoms with Crippen LogP contribution in [0.15, 0.2) is 24.3 Å². The van der Waals surface area contributed by atoms with E-state index in [9.17, 15) is 4.79 Å². The summed E-state index contributed by atoms with van der Waals surface area (Å²) >= 11 is 0. The van der Waals surface area contributed by atoms with Crippen molar-refractivity contribution in [2.45, 2.75) is 32.6 Å². The monoisotopic (exact) mass is 246 g/mol. The maximum atomic E-state index is 11.8. The summed E-state index contributed by atoms with van der Waals surface area (Å²) in [6, 6.07) is 7.49. The van der Waals surface area contributed by atoms with E-state index in [1.165, 1.54) is 19.3 Å². The number of hydrogen-bond acceptors (Lipinski definition) is 2. The Labute approximate surface area is 109 Å². The molecule has 1 saturated carbocycles. The van der Waals surface area contributed by atoms with Gasteiger partial charge in [0.25, 0.3) is 0 Å². The highest BCUT2D eigenvalue weighted by molar-refractivity contribution is 5.78. The molecule has 1 fully saturated rings. The van der Waals surface area contributed by atoms with E-state index in [1.807, 2.05) is 24.3 Å². The Bertz CT molecular complexity index is 399. The molecule has 1 aromatic rings. The number of hydrogen-bond donors (Lipinski definition) is 2. The molecule has 1 amide bonds. The van der Waals surface area contributed by atoms with Crippen LogP contribution in [-0.2, 0) is 11.2 Å². The fraction of sp³-hybridized carbons (Fsp3) is 0.533. The van der Waals surface area contributed by atoms with Crippen LogP contribution < -0.4 is 11.1 Å². The first-order chi connectivity index (χ1) is 8.65. The minimum Gasteiger partial charge on any atom is -0.399 e. The zero-order chi connectivity index (χ0) is 13.0. The lowest BCUT2D eigenvalue weighted by Crippen LogP contribution is -2.31. The van der Waals surface area contributed by atoms with E-state index in [4.69, 9.17) is 5.73 Å². The van der Waals surface area contributed by atoms with Crippen LogP contribution >= 0.6 is 0 Å². The molecular formula is C15H22N2O. The van der Waals surface area contributed by atoms with E-state index >= 15 is 0 Å². The molecule has 0 spiro atoms. The third-order valence-electron chi connectivity index (χ3n) is 3.94. The number of benzene rings is 1. The Balaban J connectivity index is 1.76. The molecule has 3 nitrogen and oxygen atoms in total. The molecule has 1 aliphatic carbocycles. The Morgan fingerprint density at radius 1 is 1.33 bits per heavy atom. The highest BCUT2D eigenvalue weighted by Gasteiger charge is 2.23. The third-order valence-corrected chi connectivity index (χ3v) is 3.94. The number of anilines is 1. The molecule has 0 heterocycles. The summed E-state index contributed by atoms with van der Waals surface area (Å²) in [5.41, 5.74) is 7.36. The number of nitrogens with two attached hydrogens (primary N) is 1. The molecule has 0 aliphatic heterocycles. The fourth-order valence-electron chi connectivity index (χ4n) is 2.65. The minimum absolute atomic E-state index is 0.110. The number of nitrogens with one attached hydrogen (secondary N) is 1. The molecule has 0 aromatic heterocycles. The van der Waals surface area contributed by atoms with Gasteiger partial charge in [-0.15, -0.1) is 0 Å². The first kappa shape index (κ1) is 12.9. The second kappa shape index (κ2) is 5.89. The number of rotatable bonds is 4.